The Morgan fingerprint density at radius 1 is 1.09 bits per heavy atom. The van der Waals surface area contributed by atoms with Crippen molar-refractivity contribution in [2.75, 3.05) is 15.9 Å². The lowest BCUT2D eigenvalue weighted by molar-refractivity contribution is -0.116. The Balaban J connectivity index is 2.25. The number of sulfonamides is 1. The highest BCUT2D eigenvalue weighted by molar-refractivity contribution is 14.1. The van der Waals surface area contributed by atoms with Crippen LogP contribution in [0.4, 0.5) is 11.4 Å². The van der Waals surface area contributed by atoms with Crippen LogP contribution < -0.4 is 9.62 Å². The maximum Gasteiger partial charge on any atom is 0.247 e. The Morgan fingerprint density at radius 2 is 1.65 bits per heavy atom. The van der Waals surface area contributed by atoms with E-state index in [1.54, 1.807) is 49.4 Å². The van der Waals surface area contributed by atoms with Crippen molar-refractivity contribution in [1.29, 1.82) is 0 Å². The van der Waals surface area contributed by atoms with Gasteiger partial charge in [0.05, 0.1) is 11.9 Å². The van der Waals surface area contributed by atoms with E-state index in [1.165, 1.54) is 0 Å². The van der Waals surface area contributed by atoms with Gasteiger partial charge in [-0.1, -0.05) is 18.2 Å². The molecule has 0 aliphatic carbocycles. The van der Waals surface area contributed by atoms with Crippen molar-refractivity contribution in [3.8, 4) is 0 Å². The van der Waals surface area contributed by atoms with Crippen LogP contribution in [0.3, 0.4) is 0 Å². The molecule has 1 atom stereocenters. The molecule has 1 amide bonds. The minimum Gasteiger partial charge on any atom is -0.324 e. The second-order valence-electron chi connectivity index (χ2n) is 5.07. The van der Waals surface area contributed by atoms with E-state index < -0.39 is 16.1 Å². The van der Waals surface area contributed by atoms with Gasteiger partial charge < -0.3 is 5.32 Å². The van der Waals surface area contributed by atoms with Crippen molar-refractivity contribution in [3.05, 3.63) is 58.2 Å². The lowest BCUT2D eigenvalue weighted by Gasteiger charge is -2.28. The smallest absolute Gasteiger partial charge is 0.247 e. The third-order valence-electron chi connectivity index (χ3n) is 3.21. The van der Waals surface area contributed by atoms with Gasteiger partial charge in [-0.05, 0) is 65.9 Å². The average molecular weight is 444 g/mol. The highest BCUT2D eigenvalue weighted by Gasteiger charge is 2.28. The number of para-hydroxylation sites is 1. The summed E-state index contributed by atoms with van der Waals surface area (Å²) >= 11 is 2.17. The van der Waals surface area contributed by atoms with Gasteiger partial charge in [-0.15, -0.1) is 0 Å². The summed E-state index contributed by atoms with van der Waals surface area (Å²) in [5.41, 5.74) is 1.09. The predicted molar refractivity (Wildman–Crippen MR) is 101 cm³/mol. The lowest BCUT2D eigenvalue weighted by atomic mass is 10.2. The van der Waals surface area contributed by atoms with Crippen molar-refractivity contribution >= 4 is 49.9 Å². The van der Waals surface area contributed by atoms with E-state index in [0.717, 1.165) is 14.1 Å². The number of hydrogen-bond donors (Lipinski definition) is 1. The van der Waals surface area contributed by atoms with Crippen LogP contribution in [0.5, 0.6) is 0 Å². The van der Waals surface area contributed by atoms with Crippen LogP contribution in [0.1, 0.15) is 6.92 Å². The first-order valence-corrected chi connectivity index (χ1v) is 9.82. The normalized spacial score (nSPS) is 12.5. The molecule has 5 nitrogen and oxygen atoms in total. The maximum atomic E-state index is 12.4. The van der Waals surface area contributed by atoms with E-state index in [9.17, 15) is 13.2 Å². The third kappa shape index (κ3) is 4.68. The molecule has 0 aromatic heterocycles. The van der Waals surface area contributed by atoms with Crippen LogP contribution in [0.2, 0.25) is 0 Å². The highest BCUT2D eigenvalue weighted by Crippen LogP contribution is 2.21. The summed E-state index contributed by atoms with van der Waals surface area (Å²) in [5, 5.41) is 2.74. The van der Waals surface area contributed by atoms with E-state index in [0.29, 0.717) is 11.4 Å². The van der Waals surface area contributed by atoms with Crippen LogP contribution in [-0.4, -0.2) is 26.6 Å². The van der Waals surface area contributed by atoms with Gasteiger partial charge in [0.15, 0.2) is 0 Å². The Morgan fingerprint density at radius 3 is 2.17 bits per heavy atom. The standard InChI is InChI=1S/C16H17IN2O3S/c1-12(16(20)18-14-10-8-13(17)9-11-14)19(23(2,21)22)15-6-4-3-5-7-15/h3-12H,1-2H3,(H,18,20)/t12-/m0/s1. The molecule has 122 valence electrons. The summed E-state index contributed by atoms with van der Waals surface area (Å²) in [4.78, 5) is 12.4. The Bertz CT molecular complexity index is 777. The summed E-state index contributed by atoms with van der Waals surface area (Å²) in [6.45, 7) is 1.57. The number of nitrogens with zero attached hydrogens (tertiary/aromatic N) is 1. The molecule has 23 heavy (non-hydrogen) atoms. The van der Waals surface area contributed by atoms with Crippen molar-refractivity contribution in [2.24, 2.45) is 0 Å². The van der Waals surface area contributed by atoms with Gasteiger partial charge in [-0.3, -0.25) is 9.10 Å². The van der Waals surface area contributed by atoms with E-state index in [2.05, 4.69) is 27.9 Å². The fourth-order valence-corrected chi connectivity index (χ4v) is 3.70. The number of carbonyl (C=O) groups excluding carboxylic acids is 1. The molecule has 0 heterocycles. The minimum atomic E-state index is -3.59. The zero-order valence-corrected chi connectivity index (χ0v) is 15.7. The van der Waals surface area contributed by atoms with Gasteiger partial charge in [0.1, 0.15) is 6.04 Å². The van der Waals surface area contributed by atoms with Crippen LogP contribution in [0.15, 0.2) is 54.6 Å². The molecule has 0 saturated carbocycles. The molecule has 0 spiro atoms. The van der Waals surface area contributed by atoms with Crippen LogP contribution in [-0.2, 0) is 14.8 Å². The molecule has 0 unspecified atom stereocenters. The molecule has 0 aliphatic rings. The fraction of sp³-hybridized carbons (Fsp3) is 0.188. The second kappa shape index (κ2) is 7.31. The van der Waals surface area contributed by atoms with Crippen molar-refractivity contribution in [2.45, 2.75) is 13.0 Å². The second-order valence-corrected chi connectivity index (χ2v) is 8.17. The van der Waals surface area contributed by atoms with Crippen LogP contribution >= 0.6 is 22.6 Å². The van der Waals surface area contributed by atoms with Crippen molar-refractivity contribution in [1.82, 2.24) is 0 Å². The number of rotatable bonds is 5. The highest BCUT2D eigenvalue weighted by atomic mass is 127. The van der Waals surface area contributed by atoms with Gasteiger partial charge in [-0.2, -0.15) is 0 Å². The Hall–Kier alpha value is -1.61. The Kier molecular flexibility index (Phi) is 5.64. The van der Waals surface area contributed by atoms with Crippen molar-refractivity contribution in [3.63, 3.8) is 0 Å². The molecular formula is C16H17IN2O3S. The summed E-state index contributed by atoms with van der Waals surface area (Å²) in [5.74, 6) is -0.388. The maximum absolute atomic E-state index is 12.4. The first-order chi connectivity index (χ1) is 10.8. The molecule has 2 aromatic carbocycles. The molecule has 0 aliphatic heterocycles. The number of benzene rings is 2. The molecule has 2 aromatic rings. The average Bonchev–Trinajstić information content (AvgIpc) is 2.49. The molecule has 7 heteroatoms. The van der Waals surface area contributed by atoms with E-state index in [1.807, 2.05) is 12.1 Å². The molecular weight excluding hydrogens is 427 g/mol. The number of halogens is 1. The van der Waals surface area contributed by atoms with Crippen LogP contribution in [0, 0.1) is 3.57 Å². The van der Waals surface area contributed by atoms with E-state index >= 15 is 0 Å². The number of amides is 1. The zero-order chi connectivity index (χ0) is 17.0. The topological polar surface area (TPSA) is 66.5 Å². The zero-order valence-electron chi connectivity index (χ0n) is 12.7. The number of anilines is 2. The summed E-state index contributed by atoms with van der Waals surface area (Å²) in [7, 11) is -3.59. The van der Waals surface area contributed by atoms with Crippen molar-refractivity contribution < 1.29 is 13.2 Å². The number of nitrogens with one attached hydrogen (secondary N) is 1. The number of hydrogen-bond acceptors (Lipinski definition) is 3. The van der Waals surface area contributed by atoms with E-state index in [4.69, 9.17) is 0 Å². The number of carbonyl (C=O) groups is 1. The largest absolute Gasteiger partial charge is 0.324 e. The molecule has 0 fully saturated rings. The molecule has 0 bridgehead atoms. The van der Waals surface area contributed by atoms with Gasteiger partial charge in [0.2, 0.25) is 15.9 Å². The SMILES string of the molecule is C[C@@H](C(=O)Nc1ccc(I)cc1)N(c1ccccc1)S(C)(=O)=O. The predicted octanol–water partition coefficient (Wildman–Crippen LogP) is 3.08. The summed E-state index contributed by atoms with van der Waals surface area (Å²) < 4.78 is 26.4. The van der Waals surface area contributed by atoms with Crippen LogP contribution in [0.25, 0.3) is 0 Å². The lowest BCUT2D eigenvalue weighted by Crippen LogP contribution is -2.45. The fourth-order valence-electron chi connectivity index (χ4n) is 2.16. The summed E-state index contributed by atoms with van der Waals surface area (Å²) in [6, 6.07) is 15.0. The first kappa shape index (κ1) is 17.7. The Labute approximate surface area is 149 Å². The van der Waals surface area contributed by atoms with Gasteiger partial charge in [-0.25, -0.2) is 8.42 Å². The quantitative estimate of drug-likeness (QED) is 0.721. The molecule has 0 radical (unpaired) electrons. The van der Waals surface area contributed by atoms with Gasteiger partial charge >= 0.3 is 0 Å². The molecule has 2 rings (SSSR count). The summed E-state index contributed by atoms with van der Waals surface area (Å²) in [6.07, 6.45) is 1.09. The minimum absolute atomic E-state index is 0.388. The molecule has 0 saturated heterocycles. The van der Waals surface area contributed by atoms with Gasteiger partial charge in [0, 0.05) is 9.26 Å². The van der Waals surface area contributed by atoms with E-state index in [-0.39, 0.29) is 5.91 Å². The third-order valence-corrected chi connectivity index (χ3v) is 5.17. The molecule has 1 N–H and O–H groups in total. The first-order valence-electron chi connectivity index (χ1n) is 6.90. The van der Waals surface area contributed by atoms with Gasteiger partial charge in [0.25, 0.3) is 0 Å². The monoisotopic (exact) mass is 444 g/mol.